The minimum Gasteiger partial charge on any atom is -0.379 e. The molecule has 0 bridgehead atoms. The van der Waals surface area contributed by atoms with Crippen LogP contribution < -0.4 is 4.72 Å². The highest BCUT2D eigenvalue weighted by Gasteiger charge is 2.14. The largest absolute Gasteiger partial charge is 0.379 e. The van der Waals surface area contributed by atoms with Gasteiger partial charge < -0.3 is 4.74 Å². The van der Waals surface area contributed by atoms with E-state index < -0.39 is 10.0 Å². The van der Waals surface area contributed by atoms with Gasteiger partial charge in [-0.1, -0.05) is 12.1 Å². The van der Waals surface area contributed by atoms with Gasteiger partial charge in [-0.05, 0) is 39.3 Å². The van der Waals surface area contributed by atoms with Crippen molar-refractivity contribution in [3.05, 3.63) is 29.8 Å². The number of nitrogens with one attached hydrogen (secondary N) is 1. The molecule has 5 nitrogen and oxygen atoms in total. The Labute approximate surface area is 120 Å². The second-order valence-electron chi connectivity index (χ2n) is 4.75. The summed E-state index contributed by atoms with van der Waals surface area (Å²) in [7, 11) is -3.57. The lowest BCUT2D eigenvalue weighted by molar-refractivity contribution is 0.0778. The monoisotopic (exact) mass is 299 g/mol. The van der Waals surface area contributed by atoms with Gasteiger partial charge in [0, 0.05) is 18.7 Å². The molecular formula is C14H21NO4S. The van der Waals surface area contributed by atoms with Crippen LogP contribution >= 0.6 is 0 Å². The van der Waals surface area contributed by atoms with Crippen molar-refractivity contribution in [2.45, 2.75) is 38.2 Å². The second kappa shape index (κ2) is 7.52. The molecule has 0 atom stereocenters. The Bertz CT molecular complexity index is 552. The lowest BCUT2D eigenvalue weighted by Gasteiger charge is -2.09. The van der Waals surface area contributed by atoms with E-state index in [9.17, 15) is 13.2 Å². The Morgan fingerprint density at radius 1 is 1.35 bits per heavy atom. The first kappa shape index (κ1) is 16.8. The first-order valence-electron chi connectivity index (χ1n) is 6.55. The van der Waals surface area contributed by atoms with E-state index in [4.69, 9.17) is 4.74 Å². The molecule has 0 heterocycles. The Hall–Kier alpha value is -1.24. The minimum atomic E-state index is -3.57. The molecule has 6 heteroatoms. The molecule has 0 aliphatic heterocycles. The summed E-state index contributed by atoms with van der Waals surface area (Å²) in [5.74, 6) is -0.160. The Morgan fingerprint density at radius 2 is 2.05 bits per heavy atom. The summed E-state index contributed by atoms with van der Waals surface area (Å²) in [5, 5.41) is 0. The van der Waals surface area contributed by atoms with Crippen LogP contribution in [0.1, 0.15) is 37.6 Å². The zero-order chi connectivity index (χ0) is 15.2. The number of carbonyl (C=O) groups is 1. The number of sulfonamides is 1. The quantitative estimate of drug-likeness (QED) is 0.588. The average molecular weight is 299 g/mol. The number of ether oxygens (including phenoxy) is 1. The molecule has 1 rings (SSSR count). The van der Waals surface area contributed by atoms with E-state index in [-0.39, 0.29) is 16.8 Å². The van der Waals surface area contributed by atoms with Gasteiger partial charge in [0.25, 0.3) is 0 Å². The van der Waals surface area contributed by atoms with Gasteiger partial charge >= 0.3 is 0 Å². The van der Waals surface area contributed by atoms with Gasteiger partial charge in [-0.15, -0.1) is 0 Å². The van der Waals surface area contributed by atoms with Gasteiger partial charge in [-0.25, -0.2) is 13.1 Å². The molecule has 20 heavy (non-hydrogen) atoms. The van der Waals surface area contributed by atoms with E-state index in [1.807, 2.05) is 13.8 Å². The molecule has 0 amide bonds. The highest BCUT2D eigenvalue weighted by atomic mass is 32.2. The van der Waals surface area contributed by atoms with Gasteiger partial charge in [0.15, 0.2) is 5.78 Å². The minimum absolute atomic E-state index is 0.106. The lowest BCUT2D eigenvalue weighted by Crippen LogP contribution is -2.26. The van der Waals surface area contributed by atoms with Crippen LogP contribution in [0.15, 0.2) is 29.2 Å². The predicted molar refractivity (Wildman–Crippen MR) is 77.3 cm³/mol. The normalized spacial score (nSPS) is 11.8. The fourth-order valence-electron chi connectivity index (χ4n) is 1.56. The van der Waals surface area contributed by atoms with E-state index in [1.165, 1.54) is 19.1 Å². The van der Waals surface area contributed by atoms with E-state index in [2.05, 4.69) is 4.72 Å². The topological polar surface area (TPSA) is 72.5 Å². The summed E-state index contributed by atoms with van der Waals surface area (Å²) >= 11 is 0. The van der Waals surface area contributed by atoms with E-state index >= 15 is 0 Å². The molecule has 0 unspecified atom stereocenters. The molecule has 0 fully saturated rings. The van der Waals surface area contributed by atoms with E-state index in [0.29, 0.717) is 25.1 Å². The van der Waals surface area contributed by atoms with Crippen LogP contribution in [-0.2, 0) is 14.8 Å². The van der Waals surface area contributed by atoms with Crippen LogP contribution in [0, 0.1) is 0 Å². The van der Waals surface area contributed by atoms with Crippen molar-refractivity contribution in [2.75, 3.05) is 13.2 Å². The van der Waals surface area contributed by atoms with Gasteiger partial charge in [0.2, 0.25) is 10.0 Å². The SMILES string of the molecule is CC(=O)c1cccc(S(=O)(=O)NCCCOC(C)C)c1. The standard InChI is InChI=1S/C14H21NO4S/c1-11(2)19-9-5-8-15-20(17,18)14-7-4-6-13(10-14)12(3)16/h4,6-7,10-11,15H,5,8-9H2,1-3H3. The van der Waals surface area contributed by atoms with E-state index in [1.54, 1.807) is 12.1 Å². The molecule has 0 spiro atoms. The molecule has 0 aliphatic carbocycles. The Kier molecular flexibility index (Phi) is 6.32. The summed E-state index contributed by atoms with van der Waals surface area (Å²) in [4.78, 5) is 11.4. The van der Waals surface area contributed by atoms with Gasteiger partial charge in [-0.2, -0.15) is 0 Å². The third-order valence-corrected chi connectivity index (χ3v) is 4.07. The van der Waals surface area contributed by atoms with Crippen molar-refractivity contribution < 1.29 is 17.9 Å². The Balaban J connectivity index is 2.60. The zero-order valence-corrected chi connectivity index (χ0v) is 12.9. The highest BCUT2D eigenvalue weighted by molar-refractivity contribution is 7.89. The van der Waals surface area contributed by atoms with Crippen molar-refractivity contribution in [3.8, 4) is 0 Å². The maximum atomic E-state index is 12.0. The van der Waals surface area contributed by atoms with Crippen LogP contribution in [0.3, 0.4) is 0 Å². The van der Waals surface area contributed by atoms with Crippen molar-refractivity contribution >= 4 is 15.8 Å². The maximum Gasteiger partial charge on any atom is 0.240 e. The molecule has 1 N–H and O–H groups in total. The number of hydrogen-bond acceptors (Lipinski definition) is 4. The number of benzene rings is 1. The molecule has 0 aliphatic rings. The fourth-order valence-corrected chi connectivity index (χ4v) is 2.68. The lowest BCUT2D eigenvalue weighted by atomic mass is 10.2. The molecule has 0 aromatic heterocycles. The third-order valence-electron chi connectivity index (χ3n) is 2.62. The molecule has 1 aromatic carbocycles. The second-order valence-corrected chi connectivity index (χ2v) is 6.52. The summed E-state index contributed by atoms with van der Waals surface area (Å²) in [5.41, 5.74) is 0.385. The van der Waals surface area contributed by atoms with Crippen molar-refractivity contribution in [2.24, 2.45) is 0 Å². The average Bonchev–Trinajstić information content (AvgIpc) is 2.38. The van der Waals surface area contributed by atoms with E-state index in [0.717, 1.165) is 0 Å². The van der Waals surface area contributed by atoms with Crippen LogP contribution in [0.25, 0.3) is 0 Å². The number of hydrogen-bond donors (Lipinski definition) is 1. The summed E-state index contributed by atoms with van der Waals surface area (Å²) < 4.78 is 31.9. The molecule has 112 valence electrons. The maximum absolute atomic E-state index is 12.0. The van der Waals surface area contributed by atoms with Crippen LogP contribution in [-0.4, -0.2) is 33.5 Å². The highest BCUT2D eigenvalue weighted by Crippen LogP contribution is 2.11. The molecule has 0 saturated heterocycles. The smallest absolute Gasteiger partial charge is 0.240 e. The van der Waals surface area contributed by atoms with Gasteiger partial charge in [0.05, 0.1) is 11.0 Å². The molecule has 1 aromatic rings. The molecule has 0 saturated carbocycles. The van der Waals surface area contributed by atoms with Crippen LogP contribution in [0.5, 0.6) is 0 Å². The zero-order valence-electron chi connectivity index (χ0n) is 12.0. The third kappa shape index (κ3) is 5.40. The predicted octanol–water partition coefficient (Wildman–Crippen LogP) is 1.98. The Morgan fingerprint density at radius 3 is 2.65 bits per heavy atom. The number of Topliss-reactive ketones (excluding diaryl/α,β-unsaturated/α-hetero) is 1. The summed E-state index contributed by atoms with van der Waals surface area (Å²) in [6, 6.07) is 6.01. The number of carbonyl (C=O) groups excluding carboxylic acids is 1. The first-order chi connectivity index (χ1) is 9.33. The van der Waals surface area contributed by atoms with Crippen LogP contribution in [0.4, 0.5) is 0 Å². The van der Waals surface area contributed by atoms with Crippen molar-refractivity contribution in [1.82, 2.24) is 4.72 Å². The number of ketones is 1. The molecule has 0 radical (unpaired) electrons. The fraction of sp³-hybridized carbons (Fsp3) is 0.500. The van der Waals surface area contributed by atoms with Crippen molar-refractivity contribution in [1.29, 1.82) is 0 Å². The van der Waals surface area contributed by atoms with Crippen molar-refractivity contribution in [3.63, 3.8) is 0 Å². The summed E-state index contributed by atoms with van der Waals surface area (Å²) in [6.45, 7) is 6.07. The van der Waals surface area contributed by atoms with Gasteiger partial charge in [-0.3, -0.25) is 4.79 Å². The first-order valence-corrected chi connectivity index (χ1v) is 8.03. The number of rotatable bonds is 8. The van der Waals surface area contributed by atoms with Crippen LogP contribution in [0.2, 0.25) is 0 Å². The summed E-state index contributed by atoms with van der Waals surface area (Å²) in [6.07, 6.45) is 0.739. The van der Waals surface area contributed by atoms with Gasteiger partial charge in [0.1, 0.15) is 0 Å². The molecular weight excluding hydrogens is 278 g/mol.